The lowest BCUT2D eigenvalue weighted by Gasteiger charge is -2.33. The normalized spacial score (nSPS) is 15.0. The largest absolute Gasteiger partial charge is 0.356 e. The van der Waals surface area contributed by atoms with E-state index in [1.165, 1.54) is 219 Å². The second-order valence-corrected chi connectivity index (χ2v) is 13.9. The van der Waals surface area contributed by atoms with E-state index in [9.17, 15) is 0 Å². The summed E-state index contributed by atoms with van der Waals surface area (Å²) in [5.41, 5.74) is 0. The van der Waals surface area contributed by atoms with Gasteiger partial charge in [-0.25, -0.2) is 0 Å². The molecule has 0 saturated heterocycles. The lowest BCUT2D eigenvalue weighted by molar-refractivity contribution is 0.137. The summed E-state index contributed by atoms with van der Waals surface area (Å²) < 4.78 is 0. The lowest BCUT2D eigenvalue weighted by atomic mass is 10.0. The molecule has 250 valence electrons. The van der Waals surface area contributed by atoms with E-state index < -0.39 is 0 Å². The fourth-order valence-corrected chi connectivity index (χ4v) is 6.96. The Kier molecular flexibility index (Phi) is 29.8. The highest BCUT2D eigenvalue weighted by molar-refractivity contribution is 4.96. The standard InChI is InChI=1S/C40H80N2/c1-4-7-9-11-13-15-17-19-20-21-22-24-26-28-30-32-34-37-42-39-38-41(36-6-3)40(42)35-33-31-29-27-25-23-18-16-14-12-10-8-5-2/h38-40H,4-37H2,1-3H3. The van der Waals surface area contributed by atoms with Gasteiger partial charge < -0.3 is 9.80 Å². The Morgan fingerprint density at radius 3 is 0.929 bits per heavy atom. The number of hydrogen-bond acceptors (Lipinski definition) is 2. The zero-order valence-corrected chi connectivity index (χ0v) is 29.7. The van der Waals surface area contributed by atoms with Gasteiger partial charge in [-0.2, -0.15) is 0 Å². The SMILES string of the molecule is CCCCCCCCCCCCCCCCCCCN1C=CN(CCC)C1CCCCCCCCCCCCCCC. The molecule has 2 nitrogen and oxygen atoms in total. The maximum absolute atomic E-state index is 2.68. The molecule has 0 amide bonds. The number of rotatable bonds is 34. The second kappa shape index (κ2) is 31.8. The van der Waals surface area contributed by atoms with Gasteiger partial charge in [-0.1, -0.05) is 201 Å². The maximum atomic E-state index is 2.68. The average Bonchev–Trinajstić information content (AvgIpc) is 3.38. The molecule has 1 aliphatic heterocycles. The van der Waals surface area contributed by atoms with Gasteiger partial charge >= 0.3 is 0 Å². The zero-order valence-electron chi connectivity index (χ0n) is 29.7. The summed E-state index contributed by atoms with van der Waals surface area (Å²) in [4.78, 5) is 5.31. The van der Waals surface area contributed by atoms with Crippen LogP contribution in [0.4, 0.5) is 0 Å². The first-order chi connectivity index (χ1) is 20.8. The van der Waals surface area contributed by atoms with Gasteiger partial charge in [0.15, 0.2) is 0 Å². The van der Waals surface area contributed by atoms with Crippen LogP contribution in [-0.4, -0.2) is 29.1 Å². The van der Waals surface area contributed by atoms with E-state index in [-0.39, 0.29) is 0 Å². The molecule has 0 aliphatic carbocycles. The summed E-state index contributed by atoms with van der Waals surface area (Å²) in [6.45, 7) is 9.43. The highest BCUT2D eigenvalue weighted by atomic mass is 15.4. The molecule has 0 aromatic rings. The topological polar surface area (TPSA) is 6.48 Å². The fourth-order valence-electron chi connectivity index (χ4n) is 6.96. The highest BCUT2D eigenvalue weighted by Crippen LogP contribution is 2.23. The minimum atomic E-state index is 0.638. The van der Waals surface area contributed by atoms with E-state index in [1.54, 1.807) is 0 Å². The molecule has 0 fully saturated rings. The number of nitrogens with zero attached hydrogens (tertiary/aromatic N) is 2. The Morgan fingerprint density at radius 1 is 0.310 bits per heavy atom. The Morgan fingerprint density at radius 2 is 0.595 bits per heavy atom. The van der Waals surface area contributed by atoms with E-state index in [0.717, 1.165) is 0 Å². The predicted molar refractivity (Wildman–Crippen MR) is 191 cm³/mol. The molecule has 0 saturated carbocycles. The van der Waals surface area contributed by atoms with Crippen LogP contribution >= 0.6 is 0 Å². The summed E-state index contributed by atoms with van der Waals surface area (Å²) >= 11 is 0. The van der Waals surface area contributed by atoms with E-state index in [2.05, 4.69) is 43.0 Å². The predicted octanol–water partition coefficient (Wildman–Crippen LogP) is 13.9. The second-order valence-electron chi connectivity index (χ2n) is 13.9. The van der Waals surface area contributed by atoms with Crippen LogP contribution in [0.15, 0.2) is 12.4 Å². The molecule has 1 atom stereocenters. The van der Waals surface area contributed by atoms with Crippen molar-refractivity contribution in [2.24, 2.45) is 0 Å². The van der Waals surface area contributed by atoms with E-state index in [4.69, 9.17) is 0 Å². The van der Waals surface area contributed by atoms with Crippen LogP contribution in [0.3, 0.4) is 0 Å². The van der Waals surface area contributed by atoms with Gasteiger partial charge in [0.2, 0.25) is 0 Å². The van der Waals surface area contributed by atoms with Gasteiger partial charge in [0.05, 0.1) is 0 Å². The van der Waals surface area contributed by atoms with Crippen LogP contribution in [0.1, 0.15) is 226 Å². The van der Waals surface area contributed by atoms with Gasteiger partial charge in [-0.05, 0) is 25.7 Å². The quantitative estimate of drug-likeness (QED) is 0.0690. The Bertz CT molecular complexity index is 544. The van der Waals surface area contributed by atoms with Crippen LogP contribution in [0.5, 0.6) is 0 Å². The fraction of sp³-hybridized carbons (Fsp3) is 0.950. The van der Waals surface area contributed by atoms with Crippen LogP contribution < -0.4 is 0 Å². The molecule has 1 heterocycles. The molecular weight excluding hydrogens is 508 g/mol. The molecule has 0 N–H and O–H groups in total. The minimum Gasteiger partial charge on any atom is -0.356 e. The molecule has 0 aromatic carbocycles. The third kappa shape index (κ3) is 23.8. The van der Waals surface area contributed by atoms with E-state index >= 15 is 0 Å². The van der Waals surface area contributed by atoms with Gasteiger partial charge in [-0.3, -0.25) is 0 Å². The first-order valence-electron chi connectivity index (χ1n) is 20.0. The van der Waals surface area contributed by atoms with Crippen LogP contribution in [-0.2, 0) is 0 Å². The molecule has 1 unspecified atom stereocenters. The average molecular weight is 589 g/mol. The zero-order chi connectivity index (χ0) is 30.2. The van der Waals surface area contributed by atoms with Crippen LogP contribution in [0.25, 0.3) is 0 Å². The van der Waals surface area contributed by atoms with Gasteiger partial charge in [0, 0.05) is 25.5 Å². The van der Waals surface area contributed by atoms with Crippen molar-refractivity contribution in [3.63, 3.8) is 0 Å². The van der Waals surface area contributed by atoms with Gasteiger partial charge in [0.1, 0.15) is 6.17 Å². The molecule has 2 heteroatoms. The molecule has 0 radical (unpaired) electrons. The van der Waals surface area contributed by atoms with Crippen molar-refractivity contribution in [1.82, 2.24) is 9.80 Å². The van der Waals surface area contributed by atoms with Crippen molar-refractivity contribution in [1.29, 1.82) is 0 Å². The minimum absolute atomic E-state index is 0.638. The number of unbranched alkanes of at least 4 members (excludes halogenated alkanes) is 28. The molecule has 0 spiro atoms. The monoisotopic (exact) mass is 589 g/mol. The summed E-state index contributed by atoms with van der Waals surface area (Å²) in [5, 5.41) is 0. The summed E-state index contributed by atoms with van der Waals surface area (Å²) in [6, 6.07) is 0. The lowest BCUT2D eigenvalue weighted by Crippen LogP contribution is -2.39. The smallest absolute Gasteiger partial charge is 0.101 e. The Hall–Kier alpha value is -0.660. The highest BCUT2D eigenvalue weighted by Gasteiger charge is 2.24. The van der Waals surface area contributed by atoms with Gasteiger partial charge in [0.25, 0.3) is 0 Å². The molecule has 1 rings (SSSR count). The van der Waals surface area contributed by atoms with Crippen LogP contribution in [0.2, 0.25) is 0 Å². The third-order valence-corrected chi connectivity index (χ3v) is 9.78. The molecule has 42 heavy (non-hydrogen) atoms. The first kappa shape index (κ1) is 39.4. The third-order valence-electron chi connectivity index (χ3n) is 9.78. The summed E-state index contributed by atoms with van der Waals surface area (Å²) in [7, 11) is 0. The molecular formula is C40H80N2. The molecule has 1 aliphatic rings. The van der Waals surface area contributed by atoms with Crippen molar-refractivity contribution >= 4 is 0 Å². The van der Waals surface area contributed by atoms with Crippen molar-refractivity contribution in [2.45, 2.75) is 232 Å². The number of hydrogen-bond donors (Lipinski definition) is 0. The van der Waals surface area contributed by atoms with Gasteiger partial charge in [-0.15, -0.1) is 0 Å². The Labute approximate surface area is 267 Å². The molecule has 0 aromatic heterocycles. The van der Waals surface area contributed by atoms with E-state index in [0.29, 0.717) is 6.17 Å². The first-order valence-corrected chi connectivity index (χ1v) is 20.0. The van der Waals surface area contributed by atoms with Crippen LogP contribution in [0, 0.1) is 0 Å². The van der Waals surface area contributed by atoms with Crippen molar-refractivity contribution < 1.29 is 0 Å². The van der Waals surface area contributed by atoms with Crippen molar-refractivity contribution in [3.05, 3.63) is 12.4 Å². The molecule has 0 bridgehead atoms. The maximum Gasteiger partial charge on any atom is 0.101 e. The Balaban J connectivity index is 1.96. The van der Waals surface area contributed by atoms with E-state index in [1.807, 2.05) is 0 Å². The van der Waals surface area contributed by atoms with Crippen molar-refractivity contribution in [2.75, 3.05) is 13.1 Å². The summed E-state index contributed by atoms with van der Waals surface area (Å²) in [6.07, 6.45) is 51.6. The summed E-state index contributed by atoms with van der Waals surface area (Å²) in [5.74, 6) is 0. The van der Waals surface area contributed by atoms with Crippen molar-refractivity contribution in [3.8, 4) is 0 Å².